The summed E-state index contributed by atoms with van der Waals surface area (Å²) >= 11 is 0. The molecule has 0 unspecified atom stereocenters. The van der Waals surface area contributed by atoms with E-state index >= 15 is 0 Å². The highest BCUT2D eigenvalue weighted by Crippen LogP contribution is 2.23. The van der Waals surface area contributed by atoms with E-state index in [1.165, 1.54) is 0 Å². The predicted octanol–water partition coefficient (Wildman–Crippen LogP) is 2.13. The van der Waals surface area contributed by atoms with E-state index in [9.17, 15) is 9.59 Å². The van der Waals surface area contributed by atoms with Crippen LogP contribution in [0.3, 0.4) is 0 Å². The van der Waals surface area contributed by atoms with Gasteiger partial charge in [0, 0.05) is 30.1 Å². The molecule has 2 heterocycles. The molecule has 0 bridgehead atoms. The Labute approximate surface area is 158 Å². The molecule has 0 atom stereocenters. The van der Waals surface area contributed by atoms with Crippen LogP contribution in [0.25, 0.3) is 0 Å². The molecule has 0 aliphatic carbocycles. The van der Waals surface area contributed by atoms with Crippen molar-refractivity contribution in [2.45, 2.75) is 32.6 Å². The van der Waals surface area contributed by atoms with Gasteiger partial charge in [0.15, 0.2) is 5.82 Å². The van der Waals surface area contributed by atoms with Crippen molar-refractivity contribution in [3.8, 4) is 0 Å². The first kappa shape index (κ1) is 19.0. The van der Waals surface area contributed by atoms with Gasteiger partial charge in [0.05, 0.1) is 0 Å². The number of rotatable bonds is 5. The fraction of sp³-hybridized carbons (Fsp3) is 0.474. The van der Waals surface area contributed by atoms with Gasteiger partial charge < -0.3 is 10.6 Å². The molecule has 8 heteroatoms. The monoisotopic (exact) mass is 370 g/mol. The Hall–Kier alpha value is -2.74. The average molecular weight is 370 g/mol. The Bertz CT molecular complexity index is 806. The second-order valence-corrected chi connectivity index (χ2v) is 7.12. The third-order valence-electron chi connectivity index (χ3n) is 4.65. The van der Waals surface area contributed by atoms with E-state index in [0.29, 0.717) is 23.1 Å². The lowest BCUT2D eigenvalue weighted by Crippen LogP contribution is -2.27. The number of aromatic nitrogens is 3. The number of anilines is 2. The van der Waals surface area contributed by atoms with Crippen molar-refractivity contribution in [2.24, 2.45) is 13.0 Å². The van der Waals surface area contributed by atoms with E-state index in [0.717, 1.165) is 31.8 Å². The lowest BCUT2D eigenvalue weighted by atomic mass is 9.98. The van der Waals surface area contributed by atoms with Crippen LogP contribution in [0.15, 0.2) is 24.3 Å². The van der Waals surface area contributed by atoms with Gasteiger partial charge in [-0.1, -0.05) is 13.8 Å². The maximum atomic E-state index is 12.5. The van der Waals surface area contributed by atoms with Gasteiger partial charge in [-0.2, -0.15) is 10.1 Å². The molecular weight excluding hydrogens is 344 g/mol. The van der Waals surface area contributed by atoms with Crippen LogP contribution in [-0.4, -0.2) is 39.7 Å². The zero-order valence-corrected chi connectivity index (χ0v) is 16.0. The number of hydrogen-bond donors (Lipinski definition) is 3. The van der Waals surface area contributed by atoms with E-state index < -0.39 is 0 Å². The number of aryl methyl sites for hydroxylation is 1. The molecule has 1 aliphatic rings. The summed E-state index contributed by atoms with van der Waals surface area (Å²) in [5.74, 6) is 1.12. The van der Waals surface area contributed by atoms with Gasteiger partial charge in [0.1, 0.15) is 0 Å². The maximum Gasteiger partial charge on any atom is 0.258 e. The summed E-state index contributed by atoms with van der Waals surface area (Å²) in [6.07, 6.45) is 2.00. The Balaban J connectivity index is 1.65. The molecule has 144 valence electrons. The number of piperidine rings is 1. The Morgan fingerprint density at radius 1 is 1.15 bits per heavy atom. The van der Waals surface area contributed by atoms with Crippen LogP contribution in [0.2, 0.25) is 0 Å². The van der Waals surface area contributed by atoms with E-state index in [4.69, 9.17) is 0 Å². The number of benzene rings is 1. The van der Waals surface area contributed by atoms with Gasteiger partial charge in [-0.05, 0) is 50.2 Å². The number of carbonyl (C=O) groups excluding carboxylic acids is 2. The van der Waals surface area contributed by atoms with E-state index in [1.807, 2.05) is 13.8 Å². The fourth-order valence-corrected chi connectivity index (χ4v) is 2.93. The summed E-state index contributed by atoms with van der Waals surface area (Å²) < 4.78 is 1.60. The first-order valence-electron chi connectivity index (χ1n) is 9.28. The first-order valence-corrected chi connectivity index (χ1v) is 9.28. The number of hydrogen-bond acceptors (Lipinski definition) is 5. The first-order chi connectivity index (χ1) is 12.9. The topological polar surface area (TPSA) is 101 Å². The highest BCUT2D eigenvalue weighted by atomic mass is 16.2. The largest absolute Gasteiger partial charge is 0.326 e. The maximum absolute atomic E-state index is 12.5. The zero-order valence-electron chi connectivity index (χ0n) is 16.0. The molecule has 1 aromatic heterocycles. The third kappa shape index (κ3) is 4.71. The normalized spacial score (nSPS) is 15.0. The van der Waals surface area contributed by atoms with Gasteiger partial charge >= 0.3 is 0 Å². The predicted molar refractivity (Wildman–Crippen MR) is 104 cm³/mol. The van der Waals surface area contributed by atoms with Crippen molar-refractivity contribution in [1.29, 1.82) is 0 Å². The minimum Gasteiger partial charge on any atom is -0.326 e. The molecule has 8 nitrogen and oxygen atoms in total. The van der Waals surface area contributed by atoms with Crippen molar-refractivity contribution in [3.63, 3.8) is 0 Å². The Kier molecular flexibility index (Phi) is 5.85. The summed E-state index contributed by atoms with van der Waals surface area (Å²) in [4.78, 5) is 28.7. The van der Waals surface area contributed by atoms with Crippen LogP contribution >= 0.6 is 0 Å². The summed E-state index contributed by atoms with van der Waals surface area (Å²) in [5.41, 5.74) is 1.15. The molecule has 1 saturated heterocycles. The number of amides is 2. The van der Waals surface area contributed by atoms with Gasteiger partial charge in [-0.25, -0.2) is 4.68 Å². The molecule has 1 fully saturated rings. The Morgan fingerprint density at radius 3 is 2.44 bits per heavy atom. The zero-order chi connectivity index (χ0) is 19.4. The van der Waals surface area contributed by atoms with Crippen LogP contribution in [0.4, 0.5) is 11.6 Å². The molecular formula is C19H26N6O2. The van der Waals surface area contributed by atoms with Gasteiger partial charge in [-0.15, -0.1) is 0 Å². The molecule has 0 saturated carbocycles. The van der Waals surface area contributed by atoms with Gasteiger partial charge in [-0.3, -0.25) is 14.9 Å². The van der Waals surface area contributed by atoms with Crippen LogP contribution in [-0.2, 0) is 11.8 Å². The van der Waals surface area contributed by atoms with E-state index in [1.54, 1.807) is 36.0 Å². The van der Waals surface area contributed by atoms with Crippen molar-refractivity contribution in [3.05, 3.63) is 35.7 Å². The van der Waals surface area contributed by atoms with Crippen LogP contribution in [0, 0.1) is 5.92 Å². The van der Waals surface area contributed by atoms with Crippen molar-refractivity contribution >= 4 is 23.5 Å². The summed E-state index contributed by atoms with van der Waals surface area (Å²) in [6.45, 7) is 5.58. The summed E-state index contributed by atoms with van der Waals surface area (Å²) in [6, 6.07) is 6.78. The summed E-state index contributed by atoms with van der Waals surface area (Å²) in [5, 5.41) is 13.4. The van der Waals surface area contributed by atoms with E-state index in [-0.39, 0.29) is 17.7 Å². The molecule has 0 radical (unpaired) electrons. The third-order valence-corrected chi connectivity index (χ3v) is 4.65. The lowest BCUT2D eigenvalue weighted by Gasteiger charge is -2.19. The highest BCUT2D eigenvalue weighted by Gasteiger charge is 2.21. The molecule has 2 amide bonds. The molecule has 2 aromatic rings. The lowest BCUT2D eigenvalue weighted by molar-refractivity contribution is -0.118. The van der Waals surface area contributed by atoms with Gasteiger partial charge in [0.25, 0.3) is 5.91 Å². The fourth-order valence-electron chi connectivity index (χ4n) is 2.93. The van der Waals surface area contributed by atoms with Crippen molar-refractivity contribution in [1.82, 2.24) is 20.1 Å². The number of nitrogens with one attached hydrogen (secondary N) is 3. The number of nitrogens with zero attached hydrogens (tertiary/aromatic N) is 3. The SMILES string of the molecule is CC(C)C(=O)Nc1ccc(C(=O)Nc2nc(C3CCNCC3)nn2C)cc1. The minimum atomic E-state index is -0.260. The molecule has 1 aromatic carbocycles. The summed E-state index contributed by atoms with van der Waals surface area (Å²) in [7, 11) is 1.78. The van der Waals surface area contributed by atoms with E-state index in [2.05, 4.69) is 26.0 Å². The van der Waals surface area contributed by atoms with Crippen LogP contribution < -0.4 is 16.0 Å². The van der Waals surface area contributed by atoms with Crippen LogP contribution in [0.5, 0.6) is 0 Å². The van der Waals surface area contributed by atoms with Crippen LogP contribution in [0.1, 0.15) is 48.8 Å². The standard InChI is InChI=1S/C19H26N6O2/c1-12(2)17(26)21-15-6-4-14(5-7-15)18(27)23-19-22-16(24-25(19)3)13-8-10-20-11-9-13/h4-7,12-13,20H,8-11H2,1-3H3,(H,21,26)(H,22,23,24,27). The molecule has 1 aliphatic heterocycles. The quantitative estimate of drug-likeness (QED) is 0.748. The highest BCUT2D eigenvalue weighted by molar-refractivity contribution is 6.03. The Morgan fingerprint density at radius 2 is 1.81 bits per heavy atom. The van der Waals surface area contributed by atoms with Crippen molar-refractivity contribution < 1.29 is 9.59 Å². The molecule has 0 spiro atoms. The smallest absolute Gasteiger partial charge is 0.258 e. The average Bonchev–Trinajstić information content (AvgIpc) is 3.03. The van der Waals surface area contributed by atoms with Gasteiger partial charge in [0.2, 0.25) is 11.9 Å². The second kappa shape index (κ2) is 8.30. The van der Waals surface area contributed by atoms with Crippen molar-refractivity contribution in [2.75, 3.05) is 23.7 Å². The molecule has 3 N–H and O–H groups in total. The second-order valence-electron chi connectivity index (χ2n) is 7.12. The molecule has 27 heavy (non-hydrogen) atoms. The minimum absolute atomic E-state index is 0.0586. The molecule has 3 rings (SSSR count). The number of carbonyl (C=O) groups is 2.